The molecule has 1 aliphatic heterocycles. The number of nitrogens with zero attached hydrogens (tertiary/aromatic N) is 2. The maximum atomic E-state index is 13.0. The van der Waals surface area contributed by atoms with Gasteiger partial charge in [-0.1, -0.05) is 23.7 Å². The minimum atomic E-state index is -0.673. The molecule has 1 unspecified atom stereocenters. The number of hydrogen-bond donors (Lipinski definition) is 0. The largest absolute Gasteiger partial charge is 0.464 e. The summed E-state index contributed by atoms with van der Waals surface area (Å²) in [6, 6.07) is 13.3. The summed E-state index contributed by atoms with van der Waals surface area (Å²) < 4.78 is 5.59. The topological polar surface area (TPSA) is 80.0 Å². The van der Waals surface area contributed by atoms with E-state index in [0.29, 0.717) is 27.1 Å². The summed E-state index contributed by atoms with van der Waals surface area (Å²) >= 11 is 5.89. The zero-order valence-electron chi connectivity index (χ0n) is 14.9. The Hall–Kier alpha value is -3.25. The molecule has 2 aromatic carbocycles. The first kappa shape index (κ1) is 18.1. The molecule has 0 bridgehead atoms. The molecule has 1 aromatic heterocycles. The predicted octanol–water partition coefficient (Wildman–Crippen LogP) is 3.63. The van der Waals surface area contributed by atoms with Crippen molar-refractivity contribution >= 4 is 40.0 Å². The van der Waals surface area contributed by atoms with Gasteiger partial charge in [-0.3, -0.25) is 14.4 Å². The van der Waals surface area contributed by atoms with E-state index in [-0.39, 0.29) is 29.4 Å². The molecule has 0 radical (unpaired) electrons. The van der Waals surface area contributed by atoms with Crippen LogP contribution in [0.25, 0.3) is 11.0 Å². The van der Waals surface area contributed by atoms with Crippen molar-refractivity contribution in [3.05, 3.63) is 81.2 Å². The SMILES string of the molecule is CC(=O)N1CC(c2coc3ccccc3c2=O)C(C(=O)c2ccc(Cl)cc2)=N1. The molecule has 4 rings (SSSR count). The number of amides is 1. The van der Waals surface area contributed by atoms with Crippen LogP contribution in [0.4, 0.5) is 0 Å². The smallest absolute Gasteiger partial charge is 0.239 e. The summed E-state index contributed by atoms with van der Waals surface area (Å²) in [6.07, 6.45) is 1.35. The lowest BCUT2D eigenvalue weighted by atomic mass is 9.90. The third-order valence-electron chi connectivity index (χ3n) is 4.70. The zero-order valence-corrected chi connectivity index (χ0v) is 15.6. The Morgan fingerprint density at radius 3 is 2.57 bits per heavy atom. The van der Waals surface area contributed by atoms with Crippen LogP contribution in [0.5, 0.6) is 0 Å². The molecule has 140 valence electrons. The Bertz CT molecular complexity index is 1180. The highest BCUT2D eigenvalue weighted by atomic mass is 35.5. The van der Waals surface area contributed by atoms with Crippen LogP contribution in [0.3, 0.4) is 0 Å². The molecule has 0 aliphatic carbocycles. The van der Waals surface area contributed by atoms with Crippen LogP contribution in [0.15, 0.2) is 69.1 Å². The van der Waals surface area contributed by atoms with E-state index in [9.17, 15) is 14.4 Å². The fourth-order valence-electron chi connectivity index (χ4n) is 3.23. The molecule has 0 saturated heterocycles. The maximum absolute atomic E-state index is 13.0. The lowest BCUT2D eigenvalue weighted by Crippen LogP contribution is -2.28. The second kappa shape index (κ2) is 7.05. The Labute approximate surface area is 165 Å². The molecule has 7 heteroatoms. The number of ketones is 1. The van der Waals surface area contributed by atoms with Gasteiger partial charge < -0.3 is 4.42 Å². The van der Waals surface area contributed by atoms with Crippen LogP contribution in [-0.2, 0) is 4.79 Å². The minimum Gasteiger partial charge on any atom is -0.464 e. The van der Waals surface area contributed by atoms with Gasteiger partial charge in [0.15, 0.2) is 5.43 Å². The van der Waals surface area contributed by atoms with Crippen LogP contribution < -0.4 is 5.43 Å². The van der Waals surface area contributed by atoms with E-state index in [1.165, 1.54) is 18.2 Å². The lowest BCUT2D eigenvalue weighted by Gasteiger charge is -2.13. The third-order valence-corrected chi connectivity index (χ3v) is 4.95. The average Bonchev–Trinajstić information content (AvgIpc) is 3.14. The molecule has 28 heavy (non-hydrogen) atoms. The van der Waals surface area contributed by atoms with Gasteiger partial charge in [0.1, 0.15) is 11.3 Å². The highest BCUT2D eigenvalue weighted by Gasteiger charge is 2.36. The lowest BCUT2D eigenvalue weighted by molar-refractivity contribution is -0.128. The van der Waals surface area contributed by atoms with E-state index in [2.05, 4.69) is 5.10 Å². The molecule has 1 atom stereocenters. The Morgan fingerprint density at radius 2 is 1.86 bits per heavy atom. The van der Waals surface area contributed by atoms with E-state index < -0.39 is 5.92 Å². The minimum absolute atomic E-state index is 0.104. The number of fused-ring (bicyclic) bond motifs is 1. The van der Waals surface area contributed by atoms with Gasteiger partial charge in [0, 0.05) is 23.1 Å². The molecule has 3 aromatic rings. The van der Waals surface area contributed by atoms with Gasteiger partial charge >= 0.3 is 0 Å². The van der Waals surface area contributed by atoms with Crippen molar-refractivity contribution in [3.8, 4) is 0 Å². The molecule has 0 spiro atoms. The summed E-state index contributed by atoms with van der Waals surface area (Å²) in [6.45, 7) is 1.46. The normalized spacial score (nSPS) is 16.3. The van der Waals surface area contributed by atoms with E-state index >= 15 is 0 Å². The Kier molecular flexibility index (Phi) is 4.57. The van der Waals surface area contributed by atoms with Gasteiger partial charge in [0.25, 0.3) is 0 Å². The molecule has 0 N–H and O–H groups in total. The first-order valence-electron chi connectivity index (χ1n) is 8.63. The van der Waals surface area contributed by atoms with Crippen LogP contribution in [0.2, 0.25) is 5.02 Å². The molecular formula is C21H15ClN2O4. The van der Waals surface area contributed by atoms with Crippen molar-refractivity contribution in [2.75, 3.05) is 6.54 Å². The van der Waals surface area contributed by atoms with Crippen LogP contribution in [0, 0.1) is 0 Å². The number of rotatable bonds is 3. The molecule has 2 heterocycles. The number of benzene rings is 2. The number of hydrazone groups is 1. The van der Waals surface area contributed by atoms with Gasteiger partial charge in [0.05, 0.1) is 24.1 Å². The van der Waals surface area contributed by atoms with Crippen LogP contribution >= 0.6 is 11.6 Å². The Balaban J connectivity index is 1.81. The third kappa shape index (κ3) is 3.12. The fourth-order valence-corrected chi connectivity index (χ4v) is 3.36. The van der Waals surface area contributed by atoms with Crippen LogP contribution in [-0.4, -0.2) is 29.0 Å². The standard InChI is InChI=1S/C21H15ClN2O4/c1-12(25)24-10-16(17-11-28-18-5-3-2-4-15(18)21(17)27)19(23-24)20(26)13-6-8-14(22)9-7-13/h2-9,11,16H,10H2,1H3. The number of carbonyl (C=O) groups is 2. The van der Waals surface area contributed by atoms with Crippen LogP contribution in [0.1, 0.15) is 28.8 Å². The van der Waals surface area contributed by atoms with Gasteiger partial charge in [-0.05, 0) is 36.4 Å². The van der Waals surface area contributed by atoms with Crippen molar-refractivity contribution in [1.29, 1.82) is 0 Å². The average molecular weight is 395 g/mol. The van der Waals surface area contributed by atoms with Crippen molar-refractivity contribution in [2.45, 2.75) is 12.8 Å². The van der Waals surface area contributed by atoms with Crippen molar-refractivity contribution in [3.63, 3.8) is 0 Å². The summed E-state index contributed by atoms with van der Waals surface area (Å²) in [5.74, 6) is -1.35. The molecule has 1 amide bonds. The van der Waals surface area contributed by atoms with E-state index in [0.717, 1.165) is 0 Å². The summed E-state index contributed by atoms with van der Waals surface area (Å²) in [5, 5.41) is 6.32. The predicted molar refractivity (Wildman–Crippen MR) is 106 cm³/mol. The van der Waals surface area contributed by atoms with Crippen molar-refractivity contribution < 1.29 is 14.0 Å². The first-order chi connectivity index (χ1) is 13.5. The second-order valence-electron chi connectivity index (χ2n) is 6.49. The van der Waals surface area contributed by atoms with E-state index in [4.69, 9.17) is 16.0 Å². The summed E-state index contributed by atoms with van der Waals surface area (Å²) in [4.78, 5) is 37.9. The quantitative estimate of drug-likeness (QED) is 0.635. The first-order valence-corrected chi connectivity index (χ1v) is 9.01. The van der Waals surface area contributed by atoms with Crippen molar-refractivity contribution in [1.82, 2.24) is 5.01 Å². The van der Waals surface area contributed by atoms with Gasteiger partial charge in [-0.25, -0.2) is 5.01 Å². The molecule has 0 fully saturated rings. The molecule has 1 aliphatic rings. The second-order valence-corrected chi connectivity index (χ2v) is 6.93. The summed E-state index contributed by atoms with van der Waals surface area (Å²) in [5.41, 5.74) is 1.02. The molecular weight excluding hydrogens is 380 g/mol. The number of carbonyl (C=O) groups excluding carboxylic acids is 2. The van der Waals surface area contributed by atoms with E-state index in [1.54, 1.807) is 48.5 Å². The Morgan fingerprint density at radius 1 is 1.14 bits per heavy atom. The number of Topliss-reactive ketones (excluding diaryl/α,β-unsaturated/α-hetero) is 1. The van der Waals surface area contributed by atoms with Gasteiger partial charge in [-0.2, -0.15) is 5.10 Å². The number of hydrogen-bond acceptors (Lipinski definition) is 5. The highest BCUT2D eigenvalue weighted by molar-refractivity contribution is 6.48. The highest BCUT2D eigenvalue weighted by Crippen LogP contribution is 2.27. The van der Waals surface area contributed by atoms with Gasteiger partial charge in [-0.15, -0.1) is 0 Å². The maximum Gasteiger partial charge on any atom is 0.239 e. The zero-order chi connectivity index (χ0) is 19.8. The monoisotopic (exact) mass is 394 g/mol. The van der Waals surface area contributed by atoms with Crippen molar-refractivity contribution in [2.24, 2.45) is 5.10 Å². The number of para-hydroxylation sites is 1. The fraction of sp³-hybridized carbons (Fsp3) is 0.143. The number of halogens is 1. The summed E-state index contributed by atoms with van der Waals surface area (Å²) in [7, 11) is 0. The molecule has 0 saturated carbocycles. The van der Waals surface area contributed by atoms with E-state index in [1.807, 2.05) is 0 Å². The van der Waals surface area contributed by atoms with Gasteiger partial charge in [0.2, 0.25) is 11.7 Å². The molecule has 6 nitrogen and oxygen atoms in total.